The highest BCUT2D eigenvalue weighted by Gasteiger charge is 2.21. The van der Waals surface area contributed by atoms with E-state index in [2.05, 4.69) is 0 Å². The number of amidine groups is 1. The van der Waals surface area contributed by atoms with E-state index >= 15 is 0 Å². The van der Waals surface area contributed by atoms with E-state index in [4.69, 9.17) is 15.9 Å². The van der Waals surface area contributed by atoms with Crippen LogP contribution in [-0.2, 0) is 4.74 Å². The Morgan fingerprint density at radius 1 is 1.53 bits per heavy atom. The highest BCUT2D eigenvalue weighted by Crippen LogP contribution is 2.30. The van der Waals surface area contributed by atoms with Crippen LogP contribution in [0.15, 0.2) is 23.1 Å². The standard InChI is InChI=1S/C11H14N2OS/c1-7-2-3-10(9(4-7)11(12)13)15-8-5-14-6-8/h2-4,8H,5-6H2,1H3,(H3,12,13). The fraction of sp³-hybridized carbons (Fsp3) is 0.364. The van der Waals surface area contributed by atoms with Crippen LogP contribution in [-0.4, -0.2) is 24.3 Å². The van der Waals surface area contributed by atoms with Crippen molar-refractivity contribution in [3.05, 3.63) is 29.3 Å². The summed E-state index contributed by atoms with van der Waals surface area (Å²) in [5.74, 6) is 0.140. The molecule has 1 aromatic carbocycles. The second-order valence-corrected chi connectivity index (χ2v) is 5.03. The second-order valence-electron chi connectivity index (χ2n) is 3.69. The van der Waals surface area contributed by atoms with Gasteiger partial charge < -0.3 is 10.5 Å². The number of benzene rings is 1. The maximum atomic E-state index is 7.53. The number of hydrogen-bond donors (Lipinski definition) is 2. The number of rotatable bonds is 3. The summed E-state index contributed by atoms with van der Waals surface area (Å²) < 4.78 is 5.13. The molecule has 3 N–H and O–H groups in total. The van der Waals surface area contributed by atoms with Crippen molar-refractivity contribution in [3.8, 4) is 0 Å². The minimum absolute atomic E-state index is 0.140. The first-order valence-electron chi connectivity index (χ1n) is 4.86. The zero-order chi connectivity index (χ0) is 10.8. The van der Waals surface area contributed by atoms with Gasteiger partial charge in [0, 0.05) is 10.5 Å². The van der Waals surface area contributed by atoms with Crippen molar-refractivity contribution in [3.63, 3.8) is 0 Å². The molecule has 0 amide bonds. The van der Waals surface area contributed by atoms with Gasteiger partial charge in [0.2, 0.25) is 0 Å². The lowest BCUT2D eigenvalue weighted by Gasteiger charge is -2.26. The molecule has 0 aromatic heterocycles. The molecule has 0 spiro atoms. The van der Waals surface area contributed by atoms with E-state index in [1.165, 1.54) is 0 Å². The lowest BCUT2D eigenvalue weighted by atomic mass is 10.1. The van der Waals surface area contributed by atoms with Gasteiger partial charge in [-0.2, -0.15) is 0 Å². The van der Waals surface area contributed by atoms with Gasteiger partial charge in [-0.1, -0.05) is 11.6 Å². The summed E-state index contributed by atoms with van der Waals surface area (Å²) >= 11 is 1.75. The van der Waals surface area contributed by atoms with E-state index in [0.29, 0.717) is 5.25 Å². The van der Waals surface area contributed by atoms with E-state index in [1.807, 2.05) is 25.1 Å². The lowest BCUT2D eigenvalue weighted by molar-refractivity contribution is 0.0455. The molecular weight excluding hydrogens is 208 g/mol. The van der Waals surface area contributed by atoms with Crippen molar-refractivity contribution in [1.29, 1.82) is 5.41 Å². The molecule has 0 aliphatic carbocycles. The van der Waals surface area contributed by atoms with Crippen molar-refractivity contribution in [2.45, 2.75) is 17.1 Å². The molecule has 3 nitrogen and oxygen atoms in total. The van der Waals surface area contributed by atoms with Crippen molar-refractivity contribution in [1.82, 2.24) is 0 Å². The Labute approximate surface area is 93.5 Å². The third kappa shape index (κ3) is 2.33. The molecule has 15 heavy (non-hydrogen) atoms. The first-order chi connectivity index (χ1) is 7.16. The SMILES string of the molecule is Cc1ccc(SC2COC2)c(C(=N)N)c1. The van der Waals surface area contributed by atoms with E-state index in [-0.39, 0.29) is 5.84 Å². The molecular formula is C11H14N2OS. The van der Waals surface area contributed by atoms with Crippen molar-refractivity contribution in [2.24, 2.45) is 5.73 Å². The third-order valence-corrected chi connectivity index (χ3v) is 3.54. The number of hydrogen-bond acceptors (Lipinski definition) is 3. The Morgan fingerprint density at radius 2 is 2.27 bits per heavy atom. The van der Waals surface area contributed by atoms with Crippen LogP contribution in [0.1, 0.15) is 11.1 Å². The van der Waals surface area contributed by atoms with Gasteiger partial charge in [0.1, 0.15) is 5.84 Å². The smallest absolute Gasteiger partial charge is 0.123 e. The van der Waals surface area contributed by atoms with Gasteiger partial charge in [-0.25, -0.2) is 0 Å². The Morgan fingerprint density at radius 3 is 2.80 bits per heavy atom. The first kappa shape index (κ1) is 10.5. The van der Waals surface area contributed by atoms with Crippen LogP contribution in [0.4, 0.5) is 0 Å². The molecule has 0 radical (unpaired) electrons. The van der Waals surface area contributed by atoms with Gasteiger partial charge in [-0.05, 0) is 19.1 Å². The van der Waals surface area contributed by atoms with Gasteiger partial charge in [0.25, 0.3) is 0 Å². The molecule has 1 heterocycles. The average molecular weight is 222 g/mol. The van der Waals surface area contributed by atoms with Crippen LogP contribution in [0.5, 0.6) is 0 Å². The summed E-state index contributed by atoms with van der Waals surface area (Å²) in [4.78, 5) is 1.08. The summed E-state index contributed by atoms with van der Waals surface area (Å²) in [6, 6.07) is 6.05. The molecule has 4 heteroatoms. The molecule has 1 saturated heterocycles. The van der Waals surface area contributed by atoms with Gasteiger partial charge in [0.05, 0.1) is 18.5 Å². The zero-order valence-electron chi connectivity index (χ0n) is 8.62. The van der Waals surface area contributed by atoms with E-state index in [0.717, 1.165) is 29.2 Å². The number of nitrogens with two attached hydrogens (primary N) is 1. The zero-order valence-corrected chi connectivity index (χ0v) is 9.43. The highest BCUT2D eigenvalue weighted by atomic mass is 32.2. The van der Waals surface area contributed by atoms with Crippen molar-refractivity contribution >= 4 is 17.6 Å². The summed E-state index contributed by atoms with van der Waals surface area (Å²) in [5.41, 5.74) is 7.53. The summed E-state index contributed by atoms with van der Waals surface area (Å²) in [5, 5.41) is 8.04. The fourth-order valence-electron chi connectivity index (χ4n) is 1.42. The molecule has 2 rings (SSSR count). The molecule has 80 valence electrons. The monoisotopic (exact) mass is 222 g/mol. The van der Waals surface area contributed by atoms with Gasteiger partial charge in [-0.3, -0.25) is 5.41 Å². The van der Waals surface area contributed by atoms with Gasteiger partial charge >= 0.3 is 0 Å². The number of aryl methyl sites for hydroxylation is 1. The molecule has 1 fully saturated rings. The minimum atomic E-state index is 0.140. The van der Waals surface area contributed by atoms with Gasteiger partial charge in [-0.15, -0.1) is 11.8 Å². The Bertz CT molecular complexity index is 388. The number of nitrogen functional groups attached to an aromatic ring is 1. The highest BCUT2D eigenvalue weighted by molar-refractivity contribution is 8.00. The number of nitrogens with one attached hydrogen (secondary N) is 1. The van der Waals surface area contributed by atoms with Crippen LogP contribution in [0.3, 0.4) is 0 Å². The number of thioether (sulfide) groups is 1. The van der Waals surface area contributed by atoms with Crippen molar-refractivity contribution < 1.29 is 4.74 Å². The lowest BCUT2D eigenvalue weighted by Crippen LogP contribution is -2.30. The van der Waals surface area contributed by atoms with E-state index in [1.54, 1.807) is 11.8 Å². The largest absolute Gasteiger partial charge is 0.384 e. The molecule has 1 aliphatic heterocycles. The summed E-state index contributed by atoms with van der Waals surface area (Å²) in [7, 11) is 0. The Balaban J connectivity index is 2.23. The maximum Gasteiger partial charge on any atom is 0.123 e. The first-order valence-corrected chi connectivity index (χ1v) is 5.74. The summed E-state index contributed by atoms with van der Waals surface area (Å²) in [6.45, 7) is 3.61. The number of ether oxygens (including phenoxy) is 1. The molecule has 0 bridgehead atoms. The molecule has 0 unspecified atom stereocenters. The summed E-state index contributed by atoms with van der Waals surface area (Å²) in [6.07, 6.45) is 0. The third-order valence-electron chi connectivity index (χ3n) is 2.33. The molecule has 1 aliphatic rings. The maximum absolute atomic E-state index is 7.53. The van der Waals surface area contributed by atoms with Crippen LogP contribution < -0.4 is 5.73 Å². The topological polar surface area (TPSA) is 59.1 Å². The minimum Gasteiger partial charge on any atom is -0.384 e. The predicted octanol–water partition coefficient (Wildman–Crippen LogP) is 1.77. The van der Waals surface area contributed by atoms with Crippen molar-refractivity contribution in [2.75, 3.05) is 13.2 Å². The molecule has 1 aromatic rings. The van der Waals surface area contributed by atoms with E-state index in [9.17, 15) is 0 Å². The van der Waals surface area contributed by atoms with Gasteiger partial charge in [0.15, 0.2) is 0 Å². The van der Waals surface area contributed by atoms with E-state index < -0.39 is 0 Å². The van der Waals surface area contributed by atoms with Crippen LogP contribution in [0.2, 0.25) is 0 Å². The van der Waals surface area contributed by atoms with Crippen LogP contribution >= 0.6 is 11.8 Å². The Hall–Kier alpha value is -1.00. The second kappa shape index (κ2) is 4.24. The average Bonchev–Trinajstić information content (AvgIpc) is 2.12. The Kier molecular flexibility index (Phi) is 2.98. The molecule has 0 atom stereocenters. The van der Waals surface area contributed by atoms with Crippen LogP contribution in [0, 0.1) is 12.3 Å². The quantitative estimate of drug-likeness (QED) is 0.605. The predicted molar refractivity (Wildman–Crippen MR) is 62.7 cm³/mol. The fourth-order valence-corrected chi connectivity index (χ4v) is 2.55. The molecule has 0 saturated carbocycles. The van der Waals surface area contributed by atoms with Crippen LogP contribution in [0.25, 0.3) is 0 Å². The normalized spacial score (nSPS) is 16.1.